The predicted molar refractivity (Wildman–Crippen MR) is 93.7 cm³/mol. The summed E-state index contributed by atoms with van der Waals surface area (Å²) in [6, 6.07) is 11.1. The van der Waals surface area contributed by atoms with Crippen LogP contribution in [0.15, 0.2) is 63.5 Å². The second-order valence-electron chi connectivity index (χ2n) is 5.15. The Kier molecular flexibility index (Phi) is 4.68. The minimum absolute atomic E-state index is 0.0789. The number of nitrogens with zero attached hydrogens (tertiary/aromatic N) is 4. The Bertz CT molecular complexity index is 1060. The topological polar surface area (TPSA) is 73.9 Å². The minimum Gasteiger partial charge on any atom is -0.484 e. The Balaban J connectivity index is 1.48. The molecular formula is C17H10ClFN4O2S. The molecule has 0 unspecified atom stereocenters. The van der Waals surface area contributed by atoms with E-state index in [9.17, 15) is 4.39 Å². The van der Waals surface area contributed by atoms with Crippen LogP contribution in [0.2, 0.25) is 5.02 Å². The third-order valence-electron chi connectivity index (χ3n) is 3.37. The standard InChI is InChI=1S/C17H10ClFN4O2S/c18-10-1-6-14-13(7-10)16(21-9-20-14)26-17-23-22-15(25-17)8-24-12-4-2-11(19)3-5-12/h1-7,9H,8H2. The molecule has 0 bridgehead atoms. The lowest BCUT2D eigenvalue weighted by Crippen LogP contribution is -1.95. The van der Waals surface area contributed by atoms with Crippen LogP contribution < -0.4 is 4.74 Å². The molecule has 0 radical (unpaired) electrons. The molecule has 0 atom stereocenters. The maximum atomic E-state index is 12.9. The van der Waals surface area contributed by atoms with Crippen LogP contribution >= 0.6 is 23.4 Å². The van der Waals surface area contributed by atoms with E-state index in [0.29, 0.717) is 26.9 Å². The lowest BCUT2D eigenvalue weighted by molar-refractivity contribution is 0.252. The average Bonchev–Trinajstić information content (AvgIpc) is 3.09. The highest BCUT2D eigenvalue weighted by molar-refractivity contribution is 7.99. The summed E-state index contributed by atoms with van der Waals surface area (Å²) in [7, 11) is 0. The summed E-state index contributed by atoms with van der Waals surface area (Å²) in [6.45, 7) is 0.0789. The predicted octanol–water partition coefficient (Wildman–Crippen LogP) is 4.54. The van der Waals surface area contributed by atoms with Crippen molar-refractivity contribution in [3.8, 4) is 5.75 Å². The van der Waals surface area contributed by atoms with E-state index < -0.39 is 0 Å². The fourth-order valence-electron chi connectivity index (χ4n) is 2.18. The summed E-state index contributed by atoms with van der Waals surface area (Å²) in [5.41, 5.74) is 0.770. The smallest absolute Gasteiger partial charge is 0.283 e. The van der Waals surface area contributed by atoms with E-state index in [1.54, 1.807) is 12.1 Å². The molecule has 0 saturated carbocycles. The Morgan fingerprint density at radius 3 is 2.77 bits per heavy atom. The van der Waals surface area contributed by atoms with Gasteiger partial charge >= 0.3 is 0 Å². The Morgan fingerprint density at radius 1 is 1.08 bits per heavy atom. The van der Waals surface area contributed by atoms with Gasteiger partial charge in [-0.1, -0.05) is 11.6 Å². The average molecular weight is 389 g/mol. The van der Waals surface area contributed by atoms with Crippen molar-refractivity contribution >= 4 is 34.3 Å². The molecule has 0 amide bonds. The van der Waals surface area contributed by atoms with Crippen molar-refractivity contribution in [2.75, 3.05) is 0 Å². The maximum Gasteiger partial charge on any atom is 0.283 e. The number of fused-ring (bicyclic) bond motifs is 1. The highest BCUT2D eigenvalue weighted by atomic mass is 35.5. The molecule has 4 aromatic rings. The van der Waals surface area contributed by atoms with Crippen LogP contribution in [0.1, 0.15) is 5.89 Å². The molecule has 0 N–H and O–H groups in total. The number of benzene rings is 2. The number of aromatic nitrogens is 4. The highest BCUT2D eigenvalue weighted by Gasteiger charge is 2.12. The van der Waals surface area contributed by atoms with E-state index in [1.165, 1.54) is 42.4 Å². The van der Waals surface area contributed by atoms with Crippen LogP contribution in [-0.2, 0) is 6.61 Å². The third kappa shape index (κ3) is 3.76. The fraction of sp³-hybridized carbons (Fsp3) is 0.0588. The largest absolute Gasteiger partial charge is 0.484 e. The van der Waals surface area contributed by atoms with Crippen LogP contribution in [0.25, 0.3) is 10.9 Å². The van der Waals surface area contributed by atoms with Crippen LogP contribution in [-0.4, -0.2) is 20.2 Å². The van der Waals surface area contributed by atoms with Gasteiger partial charge < -0.3 is 9.15 Å². The van der Waals surface area contributed by atoms with E-state index in [-0.39, 0.29) is 12.4 Å². The molecule has 9 heteroatoms. The van der Waals surface area contributed by atoms with Crippen molar-refractivity contribution in [3.63, 3.8) is 0 Å². The van der Waals surface area contributed by atoms with Gasteiger partial charge in [-0.05, 0) is 54.2 Å². The van der Waals surface area contributed by atoms with E-state index in [4.69, 9.17) is 20.8 Å². The third-order valence-corrected chi connectivity index (χ3v) is 4.46. The lowest BCUT2D eigenvalue weighted by atomic mass is 10.2. The van der Waals surface area contributed by atoms with Gasteiger partial charge in [0.25, 0.3) is 11.1 Å². The molecule has 2 heterocycles. The van der Waals surface area contributed by atoms with Crippen molar-refractivity contribution in [1.82, 2.24) is 20.2 Å². The van der Waals surface area contributed by atoms with Crippen LogP contribution in [0.5, 0.6) is 5.75 Å². The van der Waals surface area contributed by atoms with Crippen LogP contribution in [0.3, 0.4) is 0 Å². The van der Waals surface area contributed by atoms with Gasteiger partial charge in [-0.25, -0.2) is 14.4 Å². The first-order valence-corrected chi connectivity index (χ1v) is 8.66. The van der Waals surface area contributed by atoms with E-state index in [2.05, 4.69) is 20.2 Å². The van der Waals surface area contributed by atoms with Gasteiger partial charge in [-0.15, -0.1) is 10.2 Å². The van der Waals surface area contributed by atoms with Crippen LogP contribution in [0.4, 0.5) is 4.39 Å². The van der Waals surface area contributed by atoms with Crippen molar-refractivity contribution in [1.29, 1.82) is 0 Å². The van der Waals surface area contributed by atoms with Crippen molar-refractivity contribution in [3.05, 3.63) is 65.5 Å². The fourth-order valence-corrected chi connectivity index (χ4v) is 3.11. The van der Waals surface area contributed by atoms with Gasteiger partial charge in [0.15, 0.2) is 6.61 Å². The number of ether oxygens (including phenoxy) is 1. The second-order valence-corrected chi connectivity index (χ2v) is 6.52. The molecular weight excluding hydrogens is 379 g/mol. The number of hydrogen-bond donors (Lipinski definition) is 0. The molecule has 0 saturated heterocycles. The summed E-state index contributed by atoms with van der Waals surface area (Å²) in [6.07, 6.45) is 1.47. The van der Waals surface area contributed by atoms with E-state index in [0.717, 1.165) is 10.9 Å². The molecule has 0 fully saturated rings. The van der Waals surface area contributed by atoms with Gasteiger partial charge in [0.05, 0.1) is 5.52 Å². The van der Waals surface area contributed by atoms with Gasteiger partial charge in [0, 0.05) is 10.4 Å². The molecule has 6 nitrogen and oxygen atoms in total. The number of halogens is 2. The molecule has 0 aliphatic rings. The van der Waals surface area contributed by atoms with Gasteiger partial charge in [-0.2, -0.15) is 0 Å². The zero-order chi connectivity index (χ0) is 17.9. The first-order chi connectivity index (χ1) is 12.7. The molecule has 2 aromatic heterocycles. The maximum absolute atomic E-state index is 12.9. The summed E-state index contributed by atoms with van der Waals surface area (Å²) in [5, 5.41) is 10.3. The molecule has 26 heavy (non-hydrogen) atoms. The molecule has 130 valence electrons. The summed E-state index contributed by atoms with van der Waals surface area (Å²) in [5.74, 6) is 0.481. The zero-order valence-electron chi connectivity index (χ0n) is 13.1. The first kappa shape index (κ1) is 16.7. The quantitative estimate of drug-likeness (QED) is 0.465. The zero-order valence-corrected chi connectivity index (χ0v) is 14.7. The molecule has 4 rings (SSSR count). The van der Waals surface area contributed by atoms with E-state index in [1.807, 2.05) is 6.07 Å². The van der Waals surface area contributed by atoms with Crippen molar-refractivity contribution < 1.29 is 13.5 Å². The van der Waals surface area contributed by atoms with Gasteiger partial charge in [0.1, 0.15) is 22.9 Å². The minimum atomic E-state index is -0.328. The SMILES string of the molecule is Fc1ccc(OCc2nnc(Sc3ncnc4ccc(Cl)cc34)o2)cc1. The Morgan fingerprint density at radius 2 is 1.92 bits per heavy atom. The lowest BCUT2D eigenvalue weighted by Gasteiger charge is -2.03. The second kappa shape index (κ2) is 7.27. The first-order valence-electron chi connectivity index (χ1n) is 7.46. The number of rotatable bonds is 5. The van der Waals surface area contributed by atoms with Crippen molar-refractivity contribution in [2.24, 2.45) is 0 Å². The van der Waals surface area contributed by atoms with Gasteiger partial charge in [0.2, 0.25) is 0 Å². The molecule has 0 aliphatic heterocycles. The Hall–Kier alpha value is -2.71. The van der Waals surface area contributed by atoms with E-state index >= 15 is 0 Å². The number of hydrogen-bond acceptors (Lipinski definition) is 7. The summed E-state index contributed by atoms with van der Waals surface area (Å²) in [4.78, 5) is 8.46. The normalized spacial score (nSPS) is 11.0. The molecule has 2 aromatic carbocycles. The van der Waals surface area contributed by atoms with Crippen molar-refractivity contribution in [2.45, 2.75) is 16.9 Å². The van der Waals surface area contributed by atoms with Crippen LogP contribution in [0, 0.1) is 5.82 Å². The highest BCUT2D eigenvalue weighted by Crippen LogP contribution is 2.31. The summed E-state index contributed by atoms with van der Waals surface area (Å²) >= 11 is 7.27. The molecule has 0 spiro atoms. The van der Waals surface area contributed by atoms with Gasteiger partial charge in [-0.3, -0.25) is 0 Å². The summed E-state index contributed by atoms with van der Waals surface area (Å²) < 4.78 is 23.9. The molecule has 0 aliphatic carbocycles. The Labute approximate surface area is 156 Å². The monoisotopic (exact) mass is 388 g/mol.